The highest BCUT2D eigenvalue weighted by Gasteiger charge is 2.34. The van der Waals surface area contributed by atoms with E-state index in [0.29, 0.717) is 0 Å². The van der Waals surface area contributed by atoms with Gasteiger partial charge in [-0.25, -0.2) is 16.8 Å². The van der Waals surface area contributed by atoms with Crippen LogP contribution in [-0.2, 0) is 20.0 Å². The second-order valence-electron chi connectivity index (χ2n) is 7.25. The number of fused-ring (bicyclic) bond motifs is 2. The highest BCUT2D eigenvalue weighted by Crippen LogP contribution is 2.31. The molecule has 2 aromatic rings. The van der Waals surface area contributed by atoms with Gasteiger partial charge in [0.1, 0.15) is 0 Å². The minimum atomic E-state index is -3.81. The van der Waals surface area contributed by atoms with E-state index in [-0.39, 0.29) is 58.2 Å². The van der Waals surface area contributed by atoms with Gasteiger partial charge in [-0.05, 0) is 36.4 Å². The van der Waals surface area contributed by atoms with Crippen molar-refractivity contribution in [3.05, 3.63) is 58.7 Å². The monoisotopic (exact) mass is 478 g/mol. The molecule has 32 heavy (non-hydrogen) atoms. The van der Waals surface area contributed by atoms with Crippen molar-refractivity contribution in [1.29, 1.82) is 0 Å². The normalized spacial score (nSPS) is 14.1. The van der Waals surface area contributed by atoms with Crippen LogP contribution in [0.5, 0.6) is 0 Å². The van der Waals surface area contributed by atoms with Crippen molar-refractivity contribution in [2.75, 3.05) is 26.2 Å². The van der Waals surface area contributed by atoms with Gasteiger partial charge in [0.2, 0.25) is 20.0 Å². The van der Waals surface area contributed by atoms with Gasteiger partial charge in [-0.3, -0.25) is 9.59 Å². The SMILES string of the molecule is CCN(CC)S(=O)(=O)c1ccc2c(c1)C(=O)c1ccc(S(=O)(=O)N(CC)CC)cc1C2=O. The third kappa shape index (κ3) is 3.81. The summed E-state index contributed by atoms with van der Waals surface area (Å²) < 4.78 is 53.9. The number of sulfonamides is 2. The predicted octanol–water partition coefficient (Wildman–Crippen LogP) is 2.52. The molecule has 0 spiro atoms. The number of nitrogens with zero attached hydrogens (tertiary/aromatic N) is 2. The molecule has 0 amide bonds. The molecule has 0 aromatic heterocycles. The molecular weight excluding hydrogens is 452 g/mol. The van der Waals surface area contributed by atoms with Crippen LogP contribution in [0.15, 0.2) is 46.2 Å². The molecule has 0 unspecified atom stereocenters. The molecule has 1 aliphatic carbocycles. The molecule has 172 valence electrons. The Hall–Kier alpha value is -2.40. The van der Waals surface area contributed by atoms with E-state index in [4.69, 9.17) is 0 Å². The Morgan fingerprint density at radius 2 is 0.875 bits per heavy atom. The van der Waals surface area contributed by atoms with E-state index in [1.807, 2.05) is 0 Å². The Bertz CT molecular complexity index is 1190. The Morgan fingerprint density at radius 1 is 0.562 bits per heavy atom. The minimum absolute atomic E-state index is 0.00455. The lowest BCUT2D eigenvalue weighted by Gasteiger charge is -2.23. The van der Waals surface area contributed by atoms with E-state index >= 15 is 0 Å². The summed E-state index contributed by atoms with van der Waals surface area (Å²) in [6.45, 7) is 7.96. The second-order valence-corrected chi connectivity index (χ2v) is 11.1. The van der Waals surface area contributed by atoms with Crippen LogP contribution < -0.4 is 0 Å². The van der Waals surface area contributed by atoms with Crippen molar-refractivity contribution in [2.45, 2.75) is 37.5 Å². The molecule has 8 nitrogen and oxygen atoms in total. The van der Waals surface area contributed by atoms with Gasteiger partial charge < -0.3 is 0 Å². The molecule has 10 heteroatoms. The number of rotatable bonds is 8. The van der Waals surface area contributed by atoms with E-state index in [2.05, 4.69) is 0 Å². The highest BCUT2D eigenvalue weighted by atomic mass is 32.2. The fraction of sp³-hybridized carbons (Fsp3) is 0.364. The summed E-state index contributed by atoms with van der Waals surface area (Å²) in [6, 6.07) is 7.71. The summed E-state index contributed by atoms with van der Waals surface area (Å²) in [5.74, 6) is -1.03. The number of benzene rings is 2. The van der Waals surface area contributed by atoms with Gasteiger partial charge in [-0.1, -0.05) is 27.7 Å². The summed E-state index contributed by atoms with van der Waals surface area (Å²) in [7, 11) is -7.62. The first-order valence-electron chi connectivity index (χ1n) is 10.4. The predicted molar refractivity (Wildman–Crippen MR) is 120 cm³/mol. The molecule has 0 heterocycles. The maximum atomic E-state index is 13.1. The average molecular weight is 479 g/mol. The molecule has 0 saturated heterocycles. The summed E-state index contributed by atoms with van der Waals surface area (Å²) in [6.07, 6.45) is 0. The molecule has 0 bridgehead atoms. The average Bonchev–Trinajstić information content (AvgIpc) is 2.78. The number of carbonyl (C=O) groups is 2. The summed E-state index contributed by atoms with van der Waals surface area (Å²) in [5, 5.41) is 0. The lowest BCUT2D eigenvalue weighted by Crippen LogP contribution is -2.32. The Labute approximate surface area is 188 Å². The second kappa shape index (κ2) is 8.86. The number of hydrogen-bond acceptors (Lipinski definition) is 6. The number of carbonyl (C=O) groups excluding carboxylic acids is 2. The zero-order valence-electron chi connectivity index (χ0n) is 18.5. The lowest BCUT2D eigenvalue weighted by atomic mass is 9.84. The maximum Gasteiger partial charge on any atom is 0.243 e. The van der Waals surface area contributed by atoms with Gasteiger partial charge in [0.25, 0.3) is 0 Å². The molecule has 0 saturated carbocycles. The zero-order chi connectivity index (χ0) is 23.8. The highest BCUT2D eigenvalue weighted by molar-refractivity contribution is 7.89. The van der Waals surface area contributed by atoms with Crippen molar-refractivity contribution in [2.24, 2.45) is 0 Å². The van der Waals surface area contributed by atoms with Crippen LogP contribution in [0.3, 0.4) is 0 Å². The fourth-order valence-electron chi connectivity index (χ4n) is 3.85. The summed E-state index contributed by atoms with van der Waals surface area (Å²) in [5.41, 5.74) is 0.0990. The van der Waals surface area contributed by atoms with Gasteiger partial charge in [0, 0.05) is 48.4 Å². The first-order chi connectivity index (χ1) is 15.0. The molecule has 0 fully saturated rings. The van der Waals surface area contributed by atoms with Crippen molar-refractivity contribution < 1.29 is 26.4 Å². The zero-order valence-corrected chi connectivity index (χ0v) is 20.1. The van der Waals surface area contributed by atoms with E-state index < -0.39 is 31.6 Å². The van der Waals surface area contributed by atoms with Crippen molar-refractivity contribution in [3.8, 4) is 0 Å². The van der Waals surface area contributed by atoms with Crippen LogP contribution in [-0.4, -0.2) is 63.2 Å². The van der Waals surface area contributed by atoms with Crippen LogP contribution >= 0.6 is 0 Å². The molecule has 3 rings (SSSR count). The van der Waals surface area contributed by atoms with Gasteiger partial charge in [-0.15, -0.1) is 0 Å². The summed E-state index contributed by atoms with van der Waals surface area (Å²) in [4.78, 5) is 26.1. The van der Waals surface area contributed by atoms with Gasteiger partial charge in [0.05, 0.1) is 9.79 Å². The standard InChI is InChI=1S/C22H26N2O6S2/c1-5-23(6-2)31(27,28)15-9-11-17-19(13-15)21(25)18-12-10-16(14-20(18)22(17)26)32(29,30)24(7-3)8-4/h9-14H,5-8H2,1-4H3. The van der Waals surface area contributed by atoms with E-state index in [1.54, 1.807) is 27.7 Å². The van der Waals surface area contributed by atoms with Crippen LogP contribution in [0.25, 0.3) is 0 Å². The largest absolute Gasteiger partial charge is 0.289 e. The molecule has 0 N–H and O–H groups in total. The third-order valence-corrected chi connectivity index (χ3v) is 9.74. The van der Waals surface area contributed by atoms with Crippen LogP contribution in [0, 0.1) is 0 Å². The Kier molecular flexibility index (Phi) is 6.71. The summed E-state index contributed by atoms with van der Waals surface area (Å²) >= 11 is 0. The van der Waals surface area contributed by atoms with Crippen molar-refractivity contribution in [1.82, 2.24) is 8.61 Å². The first-order valence-corrected chi connectivity index (χ1v) is 13.3. The van der Waals surface area contributed by atoms with Crippen LogP contribution in [0.2, 0.25) is 0 Å². The first kappa shape index (κ1) is 24.2. The third-order valence-electron chi connectivity index (χ3n) is 5.65. The van der Waals surface area contributed by atoms with E-state index in [9.17, 15) is 26.4 Å². The van der Waals surface area contributed by atoms with E-state index in [1.165, 1.54) is 45.0 Å². The fourth-order valence-corrected chi connectivity index (χ4v) is 6.82. The van der Waals surface area contributed by atoms with Crippen molar-refractivity contribution in [3.63, 3.8) is 0 Å². The number of ketones is 2. The molecule has 2 aromatic carbocycles. The Morgan fingerprint density at radius 3 is 1.16 bits per heavy atom. The van der Waals surface area contributed by atoms with E-state index in [0.717, 1.165) is 0 Å². The molecule has 0 radical (unpaired) electrons. The molecule has 0 aliphatic heterocycles. The Balaban J connectivity index is 2.12. The smallest absolute Gasteiger partial charge is 0.243 e. The van der Waals surface area contributed by atoms with Gasteiger partial charge >= 0.3 is 0 Å². The molecular formula is C22H26N2O6S2. The van der Waals surface area contributed by atoms with Gasteiger partial charge in [-0.2, -0.15) is 8.61 Å². The molecule has 0 atom stereocenters. The number of hydrogen-bond donors (Lipinski definition) is 0. The topological polar surface area (TPSA) is 109 Å². The maximum absolute atomic E-state index is 13.1. The van der Waals surface area contributed by atoms with Crippen LogP contribution in [0.4, 0.5) is 0 Å². The quantitative estimate of drug-likeness (QED) is 0.492. The van der Waals surface area contributed by atoms with Gasteiger partial charge in [0.15, 0.2) is 11.6 Å². The lowest BCUT2D eigenvalue weighted by molar-refractivity contribution is 0.0978. The van der Waals surface area contributed by atoms with Crippen molar-refractivity contribution >= 4 is 31.6 Å². The minimum Gasteiger partial charge on any atom is -0.289 e. The molecule has 1 aliphatic rings. The van der Waals surface area contributed by atoms with Crippen LogP contribution in [0.1, 0.15) is 59.5 Å².